The van der Waals surface area contributed by atoms with Gasteiger partial charge in [0.25, 0.3) is 0 Å². The molecule has 15 heavy (non-hydrogen) atoms. The molecule has 0 amide bonds. The van der Waals surface area contributed by atoms with Crippen LogP contribution in [0.4, 0.5) is 0 Å². The Hall–Kier alpha value is -0.120. The summed E-state index contributed by atoms with van der Waals surface area (Å²) in [4.78, 5) is 0. The second kappa shape index (κ2) is 8.08. The molecule has 1 saturated carbocycles. The molecule has 3 nitrogen and oxygen atoms in total. The van der Waals surface area contributed by atoms with Crippen LogP contribution in [0, 0.1) is 5.92 Å². The van der Waals surface area contributed by atoms with E-state index in [-0.39, 0.29) is 0 Å². The molecule has 3 heteroatoms. The van der Waals surface area contributed by atoms with E-state index < -0.39 is 0 Å². The molecule has 0 saturated heterocycles. The van der Waals surface area contributed by atoms with Gasteiger partial charge in [-0.15, -0.1) is 0 Å². The third-order valence-corrected chi connectivity index (χ3v) is 3.29. The van der Waals surface area contributed by atoms with Gasteiger partial charge in [0.1, 0.15) is 0 Å². The molecule has 0 aromatic carbocycles. The molecule has 0 spiro atoms. The summed E-state index contributed by atoms with van der Waals surface area (Å²) in [5.41, 5.74) is 0. The van der Waals surface area contributed by atoms with Crippen LogP contribution in [-0.4, -0.2) is 40.0 Å². The first-order valence-corrected chi connectivity index (χ1v) is 6.10. The zero-order valence-corrected chi connectivity index (χ0v) is 10.1. The standard InChI is InChI=1S/C12H25NO2/c1-13-12(10-11-4-3-5-11)6-7-15-9-8-14-2/h11-13H,3-10H2,1-2H3. The van der Waals surface area contributed by atoms with Gasteiger partial charge < -0.3 is 14.8 Å². The molecule has 1 aliphatic rings. The molecule has 0 heterocycles. The Morgan fingerprint density at radius 3 is 2.60 bits per heavy atom. The van der Waals surface area contributed by atoms with E-state index >= 15 is 0 Å². The van der Waals surface area contributed by atoms with Crippen molar-refractivity contribution in [1.82, 2.24) is 5.32 Å². The molecular formula is C12H25NO2. The summed E-state index contributed by atoms with van der Waals surface area (Å²) in [5.74, 6) is 0.974. The van der Waals surface area contributed by atoms with Crippen LogP contribution < -0.4 is 5.32 Å². The maximum atomic E-state index is 5.47. The van der Waals surface area contributed by atoms with Crippen molar-refractivity contribution in [2.24, 2.45) is 5.92 Å². The van der Waals surface area contributed by atoms with Crippen molar-refractivity contribution in [3.05, 3.63) is 0 Å². The Labute approximate surface area is 93.5 Å². The fourth-order valence-electron chi connectivity index (χ4n) is 1.98. The van der Waals surface area contributed by atoms with E-state index in [1.807, 2.05) is 0 Å². The monoisotopic (exact) mass is 215 g/mol. The summed E-state index contributed by atoms with van der Waals surface area (Å²) in [6.45, 7) is 2.27. The highest BCUT2D eigenvalue weighted by Crippen LogP contribution is 2.30. The number of ether oxygens (including phenoxy) is 2. The fraction of sp³-hybridized carbons (Fsp3) is 1.00. The van der Waals surface area contributed by atoms with Crippen LogP contribution in [0.25, 0.3) is 0 Å². The highest BCUT2D eigenvalue weighted by Gasteiger charge is 2.20. The molecule has 0 aromatic heterocycles. The Kier molecular flexibility index (Phi) is 6.98. The quantitative estimate of drug-likeness (QED) is 0.595. The van der Waals surface area contributed by atoms with Gasteiger partial charge >= 0.3 is 0 Å². The van der Waals surface area contributed by atoms with Gasteiger partial charge in [0, 0.05) is 19.8 Å². The number of methoxy groups -OCH3 is 1. The van der Waals surface area contributed by atoms with Gasteiger partial charge in [-0.1, -0.05) is 19.3 Å². The van der Waals surface area contributed by atoms with E-state index in [4.69, 9.17) is 9.47 Å². The van der Waals surface area contributed by atoms with Crippen molar-refractivity contribution in [2.75, 3.05) is 34.0 Å². The lowest BCUT2D eigenvalue weighted by atomic mass is 9.80. The Bertz CT molecular complexity index is 149. The largest absolute Gasteiger partial charge is 0.382 e. The molecule has 1 rings (SSSR count). The van der Waals surface area contributed by atoms with Crippen molar-refractivity contribution in [1.29, 1.82) is 0 Å². The number of nitrogens with one attached hydrogen (secondary N) is 1. The van der Waals surface area contributed by atoms with Crippen LogP contribution in [0.3, 0.4) is 0 Å². The highest BCUT2D eigenvalue weighted by molar-refractivity contribution is 4.76. The molecule has 0 aromatic rings. The van der Waals surface area contributed by atoms with Crippen molar-refractivity contribution in [3.63, 3.8) is 0 Å². The van der Waals surface area contributed by atoms with Gasteiger partial charge in [-0.2, -0.15) is 0 Å². The molecule has 1 aliphatic carbocycles. The van der Waals surface area contributed by atoms with Gasteiger partial charge in [0.2, 0.25) is 0 Å². The minimum atomic E-state index is 0.637. The normalized spacial score (nSPS) is 18.8. The summed E-state index contributed by atoms with van der Waals surface area (Å²) < 4.78 is 10.4. The SMILES string of the molecule is CNC(CCOCCOC)CC1CCC1. The average molecular weight is 215 g/mol. The molecular weight excluding hydrogens is 190 g/mol. The highest BCUT2D eigenvalue weighted by atomic mass is 16.5. The van der Waals surface area contributed by atoms with E-state index in [9.17, 15) is 0 Å². The van der Waals surface area contributed by atoms with Crippen LogP contribution in [-0.2, 0) is 9.47 Å². The van der Waals surface area contributed by atoms with Crippen molar-refractivity contribution in [3.8, 4) is 0 Å². The van der Waals surface area contributed by atoms with E-state index in [2.05, 4.69) is 12.4 Å². The number of hydrogen-bond donors (Lipinski definition) is 1. The zero-order chi connectivity index (χ0) is 10.9. The lowest BCUT2D eigenvalue weighted by molar-refractivity contribution is 0.0642. The molecule has 0 radical (unpaired) electrons. The van der Waals surface area contributed by atoms with Crippen LogP contribution in [0.15, 0.2) is 0 Å². The minimum absolute atomic E-state index is 0.637. The predicted molar refractivity (Wildman–Crippen MR) is 62.1 cm³/mol. The average Bonchev–Trinajstić information content (AvgIpc) is 2.19. The molecule has 0 bridgehead atoms. The molecule has 90 valence electrons. The number of hydrogen-bond acceptors (Lipinski definition) is 3. The fourth-order valence-corrected chi connectivity index (χ4v) is 1.98. The third-order valence-electron chi connectivity index (χ3n) is 3.29. The topological polar surface area (TPSA) is 30.5 Å². The van der Waals surface area contributed by atoms with E-state index in [0.717, 1.165) is 25.6 Å². The molecule has 1 atom stereocenters. The molecule has 1 N–H and O–H groups in total. The Morgan fingerprint density at radius 1 is 1.27 bits per heavy atom. The maximum Gasteiger partial charge on any atom is 0.0700 e. The van der Waals surface area contributed by atoms with Crippen molar-refractivity contribution in [2.45, 2.75) is 38.1 Å². The van der Waals surface area contributed by atoms with Crippen LogP contribution >= 0.6 is 0 Å². The maximum absolute atomic E-state index is 5.47. The number of rotatable bonds is 9. The first kappa shape index (κ1) is 12.9. The summed E-state index contributed by atoms with van der Waals surface area (Å²) in [7, 11) is 3.76. The summed E-state index contributed by atoms with van der Waals surface area (Å²) in [6.07, 6.45) is 6.75. The van der Waals surface area contributed by atoms with Crippen LogP contribution in [0.5, 0.6) is 0 Å². The minimum Gasteiger partial charge on any atom is -0.382 e. The summed E-state index contributed by atoms with van der Waals surface area (Å²) in [6, 6.07) is 0.637. The lowest BCUT2D eigenvalue weighted by Crippen LogP contribution is -2.31. The third kappa shape index (κ3) is 5.50. The van der Waals surface area contributed by atoms with Gasteiger partial charge in [0.15, 0.2) is 0 Å². The molecule has 1 unspecified atom stereocenters. The Morgan fingerprint density at radius 2 is 2.07 bits per heavy atom. The first-order valence-electron chi connectivity index (χ1n) is 6.10. The van der Waals surface area contributed by atoms with E-state index in [1.54, 1.807) is 7.11 Å². The van der Waals surface area contributed by atoms with Crippen LogP contribution in [0.2, 0.25) is 0 Å². The second-order valence-corrected chi connectivity index (χ2v) is 4.41. The smallest absolute Gasteiger partial charge is 0.0700 e. The zero-order valence-electron chi connectivity index (χ0n) is 10.1. The first-order chi connectivity index (χ1) is 7.36. The van der Waals surface area contributed by atoms with Crippen LogP contribution in [0.1, 0.15) is 32.1 Å². The lowest BCUT2D eigenvalue weighted by Gasteiger charge is -2.29. The van der Waals surface area contributed by atoms with E-state index in [0.29, 0.717) is 12.6 Å². The van der Waals surface area contributed by atoms with Crippen molar-refractivity contribution < 1.29 is 9.47 Å². The Balaban J connectivity index is 1.95. The van der Waals surface area contributed by atoms with Gasteiger partial charge in [-0.25, -0.2) is 0 Å². The predicted octanol–water partition coefficient (Wildman–Crippen LogP) is 1.82. The summed E-state index contributed by atoms with van der Waals surface area (Å²) >= 11 is 0. The molecule has 0 aliphatic heterocycles. The van der Waals surface area contributed by atoms with Crippen molar-refractivity contribution >= 4 is 0 Å². The molecule has 1 fully saturated rings. The van der Waals surface area contributed by atoms with Gasteiger partial charge in [-0.3, -0.25) is 0 Å². The van der Waals surface area contributed by atoms with Gasteiger partial charge in [0.05, 0.1) is 13.2 Å². The second-order valence-electron chi connectivity index (χ2n) is 4.41. The summed E-state index contributed by atoms with van der Waals surface area (Å²) in [5, 5.41) is 3.38. The van der Waals surface area contributed by atoms with E-state index in [1.165, 1.54) is 25.7 Å². The van der Waals surface area contributed by atoms with Gasteiger partial charge in [-0.05, 0) is 25.8 Å².